The van der Waals surface area contributed by atoms with Crippen molar-refractivity contribution < 1.29 is 17.6 Å². The molecule has 0 bridgehead atoms. The molecular formula is C12H9F4NS. The molecular weight excluding hydrogens is 266 g/mol. The van der Waals surface area contributed by atoms with Crippen molar-refractivity contribution in [2.24, 2.45) is 0 Å². The normalized spacial score (nSPS) is 11.8. The van der Waals surface area contributed by atoms with Crippen LogP contribution < -0.4 is 0 Å². The summed E-state index contributed by atoms with van der Waals surface area (Å²) in [4.78, 5) is 4.86. The molecule has 96 valence electrons. The molecule has 1 aromatic heterocycles. The Morgan fingerprint density at radius 1 is 1.28 bits per heavy atom. The van der Waals surface area contributed by atoms with E-state index in [0.29, 0.717) is 0 Å². The van der Waals surface area contributed by atoms with Gasteiger partial charge in [-0.1, -0.05) is 13.0 Å². The molecule has 0 fully saturated rings. The largest absolute Gasteiger partial charge is 0.419 e. The fourth-order valence-corrected chi connectivity index (χ4v) is 2.38. The number of alkyl halides is 3. The average molecular weight is 275 g/mol. The number of halogens is 4. The van der Waals surface area contributed by atoms with Crippen LogP contribution in [0.4, 0.5) is 17.6 Å². The van der Waals surface area contributed by atoms with Gasteiger partial charge in [0, 0.05) is 16.6 Å². The Labute approximate surface area is 105 Å². The second kappa shape index (κ2) is 4.68. The van der Waals surface area contributed by atoms with Gasteiger partial charge in [0.1, 0.15) is 10.8 Å². The maximum atomic E-state index is 13.8. The van der Waals surface area contributed by atoms with E-state index in [1.54, 1.807) is 6.20 Å². The lowest BCUT2D eigenvalue weighted by Gasteiger charge is -2.09. The van der Waals surface area contributed by atoms with Crippen molar-refractivity contribution in [1.29, 1.82) is 0 Å². The van der Waals surface area contributed by atoms with E-state index in [1.165, 1.54) is 23.5 Å². The summed E-state index contributed by atoms with van der Waals surface area (Å²) in [6.07, 6.45) is -2.41. The highest BCUT2D eigenvalue weighted by Crippen LogP contribution is 2.36. The van der Waals surface area contributed by atoms with Crippen LogP contribution in [0.25, 0.3) is 10.6 Å². The predicted octanol–water partition coefficient (Wildman–Crippen LogP) is 4.53. The summed E-state index contributed by atoms with van der Waals surface area (Å²) < 4.78 is 51.5. The third-order valence-corrected chi connectivity index (χ3v) is 3.61. The number of benzene rings is 1. The SMILES string of the molecule is CCc1cnc(-c2cccc(C(F)(F)F)c2F)s1. The lowest BCUT2D eigenvalue weighted by Crippen LogP contribution is -2.08. The zero-order chi connectivity index (χ0) is 13.3. The number of aromatic nitrogens is 1. The molecule has 0 N–H and O–H groups in total. The molecule has 1 heterocycles. The number of nitrogens with zero attached hydrogens (tertiary/aromatic N) is 1. The van der Waals surface area contributed by atoms with Crippen molar-refractivity contribution in [2.75, 3.05) is 0 Å². The molecule has 0 spiro atoms. The first-order chi connectivity index (χ1) is 8.43. The van der Waals surface area contributed by atoms with Gasteiger partial charge < -0.3 is 0 Å². The first-order valence-electron chi connectivity index (χ1n) is 5.24. The maximum absolute atomic E-state index is 13.8. The van der Waals surface area contributed by atoms with Gasteiger partial charge in [0.15, 0.2) is 0 Å². The van der Waals surface area contributed by atoms with Gasteiger partial charge in [0.2, 0.25) is 0 Å². The van der Waals surface area contributed by atoms with Crippen molar-refractivity contribution in [3.63, 3.8) is 0 Å². The molecule has 0 aliphatic carbocycles. The highest BCUT2D eigenvalue weighted by molar-refractivity contribution is 7.15. The Morgan fingerprint density at radius 2 is 2.00 bits per heavy atom. The Balaban J connectivity index is 2.52. The van der Waals surface area contributed by atoms with E-state index in [0.717, 1.165) is 17.4 Å². The standard InChI is InChI=1S/C12H9F4NS/c1-2-7-6-17-11(18-7)8-4-3-5-9(10(8)13)12(14,15)16/h3-6H,2H2,1H3. The second-order valence-electron chi connectivity index (χ2n) is 3.65. The van der Waals surface area contributed by atoms with E-state index >= 15 is 0 Å². The molecule has 0 unspecified atom stereocenters. The summed E-state index contributed by atoms with van der Waals surface area (Å²) in [6.45, 7) is 1.90. The molecule has 0 aliphatic heterocycles. The van der Waals surface area contributed by atoms with Crippen molar-refractivity contribution in [3.8, 4) is 10.6 Å². The van der Waals surface area contributed by atoms with Crippen molar-refractivity contribution >= 4 is 11.3 Å². The highest BCUT2D eigenvalue weighted by atomic mass is 32.1. The summed E-state index contributed by atoms with van der Waals surface area (Å²) in [6, 6.07) is 3.23. The van der Waals surface area contributed by atoms with Gasteiger partial charge in [-0.15, -0.1) is 11.3 Å². The summed E-state index contributed by atoms with van der Waals surface area (Å²) in [5.74, 6) is -1.26. The summed E-state index contributed by atoms with van der Waals surface area (Å²) in [5.41, 5.74) is -1.36. The minimum absolute atomic E-state index is 0.102. The van der Waals surface area contributed by atoms with Crippen molar-refractivity contribution in [3.05, 3.63) is 40.7 Å². The Kier molecular flexibility index (Phi) is 3.38. The number of aryl methyl sites for hydroxylation is 1. The summed E-state index contributed by atoms with van der Waals surface area (Å²) >= 11 is 1.20. The second-order valence-corrected chi connectivity index (χ2v) is 4.77. The van der Waals surface area contributed by atoms with Gasteiger partial charge in [-0.2, -0.15) is 13.2 Å². The molecule has 0 radical (unpaired) electrons. The molecule has 1 nitrogen and oxygen atoms in total. The lowest BCUT2D eigenvalue weighted by atomic mass is 10.1. The van der Waals surface area contributed by atoms with Crippen LogP contribution in [0.2, 0.25) is 0 Å². The molecule has 2 rings (SSSR count). The summed E-state index contributed by atoms with van der Waals surface area (Å²) in [5, 5.41) is 0.274. The molecule has 0 atom stereocenters. The van der Waals surface area contributed by atoms with Crippen LogP contribution in [0.15, 0.2) is 24.4 Å². The highest BCUT2D eigenvalue weighted by Gasteiger charge is 2.35. The molecule has 6 heteroatoms. The monoisotopic (exact) mass is 275 g/mol. The van der Waals surface area contributed by atoms with Crippen LogP contribution >= 0.6 is 11.3 Å². The lowest BCUT2D eigenvalue weighted by molar-refractivity contribution is -0.139. The van der Waals surface area contributed by atoms with Crippen LogP contribution in [0.5, 0.6) is 0 Å². The fourth-order valence-electron chi connectivity index (χ4n) is 1.51. The molecule has 0 amide bonds. The van der Waals surface area contributed by atoms with Crippen LogP contribution in [-0.2, 0) is 12.6 Å². The van der Waals surface area contributed by atoms with E-state index in [2.05, 4.69) is 4.98 Å². The number of hydrogen-bond donors (Lipinski definition) is 0. The fraction of sp³-hybridized carbons (Fsp3) is 0.250. The Hall–Kier alpha value is -1.43. The maximum Gasteiger partial charge on any atom is 0.419 e. The zero-order valence-electron chi connectivity index (χ0n) is 9.38. The van der Waals surface area contributed by atoms with E-state index < -0.39 is 17.6 Å². The van der Waals surface area contributed by atoms with E-state index in [9.17, 15) is 17.6 Å². The minimum atomic E-state index is -4.69. The number of thiazole rings is 1. The first kappa shape index (κ1) is 13.0. The Morgan fingerprint density at radius 3 is 2.56 bits per heavy atom. The van der Waals surface area contributed by atoms with Gasteiger partial charge in [0.05, 0.1) is 5.56 Å². The van der Waals surface area contributed by atoms with E-state index in [-0.39, 0.29) is 10.6 Å². The average Bonchev–Trinajstić information content (AvgIpc) is 2.76. The topological polar surface area (TPSA) is 12.9 Å². The third-order valence-electron chi connectivity index (χ3n) is 2.44. The molecule has 2 aromatic rings. The predicted molar refractivity (Wildman–Crippen MR) is 61.9 cm³/mol. The number of hydrogen-bond acceptors (Lipinski definition) is 2. The zero-order valence-corrected chi connectivity index (χ0v) is 10.2. The Bertz CT molecular complexity index is 559. The third kappa shape index (κ3) is 2.38. The smallest absolute Gasteiger partial charge is 0.244 e. The van der Waals surface area contributed by atoms with E-state index in [1.807, 2.05) is 6.92 Å². The van der Waals surface area contributed by atoms with Crippen LogP contribution in [0.1, 0.15) is 17.4 Å². The first-order valence-corrected chi connectivity index (χ1v) is 6.06. The van der Waals surface area contributed by atoms with Gasteiger partial charge in [-0.25, -0.2) is 9.37 Å². The molecule has 0 saturated carbocycles. The molecule has 1 aromatic carbocycles. The molecule has 18 heavy (non-hydrogen) atoms. The van der Waals surface area contributed by atoms with Crippen LogP contribution in [0.3, 0.4) is 0 Å². The molecule has 0 aliphatic rings. The van der Waals surface area contributed by atoms with Gasteiger partial charge in [-0.05, 0) is 18.6 Å². The summed E-state index contributed by atoms with van der Waals surface area (Å²) in [7, 11) is 0. The van der Waals surface area contributed by atoms with Crippen molar-refractivity contribution in [2.45, 2.75) is 19.5 Å². The van der Waals surface area contributed by atoms with Gasteiger partial charge in [-0.3, -0.25) is 0 Å². The number of rotatable bonds is 2. The van der Waals surface area contributed by atoms with Crippen LogP contribution in [-0.4, -0.2) is 4.98 Å². The van der Waals surface area contributed by atoms with E-state index in [4.69, 9.17) is 0 Å². The molecule has 0 saturated heterocycles. The minimum Gasteiger partial charge on any atom is -0.244 e. The van der Waals surface area contributed by atoms with Gasteiger partial charge in [0.25, 0.3) is 0 Å². The van der Waals surface area contributed by atoms with Crippen LogP contribution in [0, 0.1) is 5.82 Å². The quantitative estimate of drug-likeness (QED) is 0.734. The van der Waals surface area contributed by atoms with Gasteiger partial charge >= 0.3 is 6.18 Å². The van der Waals surface area contributed by atoms with Crippen molar-refractivity contribution in [1.82, 2.24) is 4.98 Å².